The van der Waals surface area contributed by atoms with Crippen molar-refractivity contribution in [1.29, 1.82) is 0 Å². The van der Waals surface area contributed by atoms with Crippen LogP contribution in [0.2, 0.25) is 0 Å². The van der Waals surface area contributed by atoms with Gasteiger partial charge in [0, 0.05) is 5.69 Å². The molecule has 0 fully saturated rings. The minimum Gasteiger partial charge on any atom is -0.468 e. The molecule has 0 radical (unpaired) electrons. The molecule has 0 unspecified atom stereocenters. The van der Waals surface area contributed by atoms with Crippen molar-refractivity contribution < 1.29 is 14.3 Å². The van der Waals surface area contributed by atoms with E-state index in [1.165, 1.54) is 11.6 Å². The van der Waals surface area contributed by atoms with Gasteiger partial charge in [0.1, 0.15) is 6.61 Å². The van der Waals surface area contributed by atoms with Crippen molar-refractivity contribution in [3.63, 3.8) is 0 Å². The summed E-state index contributed by atoms with van der Waals surface area (Å²) in [5.74, 6) is -0.517. The number of carbonyl (C=O) groups is 2. The second-order valence-corrected chi connectivity index (χ2v) is 5.30. The van der Waals surface area contributed by atoms with E-state index in [4.69, 9.17) is 4.74 Å². The third-order valence-corrected chi connectivity index (χ3v) is 3.29. The number of Topliss-reactive ketones (excluding diaryl/α,β-unsaturated/α-hetero) is 1. The highest BCUT2D eigenvalue weighted by Gasteiger charge is 2.23. The summed E-state index contributed by atoms with van der Waals surface area (Å²) < 4.78 is 6.90. The van der Waals surface area contributed by atoms with E-state index in [9.17, 15) is 9.59 Å². The first-order valence-electron chi connectivity index (χ1n) is 7.65. The lowest BCUT2D eigenvalue weighted by atomic mass is 10.3. The second-order valence-electron chi connectivity index (χ2n) is 5.30. The van der Waals surface area contributed by atoms with Crippen LogP contribution in [0, 0.1) is 0 Å². The number of benzene rings is 2. The van der Waals surface area contributed by atoms with Gasteiger partial charge in [-0.3, -0.25) is 9.59 Å². The van der Waals surface area contributed by atoms with Gasteiger partial charge >= 0.3 is 0 Å². The first-order valence-corrected chi connectivity index (χ1v) is 7.65. The monoisotopic (exact) mass is 336 g/mol. The Labute approximate surface area is 144 Å². The Kier molecular flexibility index (Phi) is 4.84. The van der Waals surface area contributed by atoms with E-state index in [2.05, 4.69) is 15.6 Å². The van der Waals surface area contributed by atoms with E-state index in [-0.39, 0.29) is 24.0 Å². The number of ketones is 1. The molecule has 0 bridgehead atoms. The Hall–Kier alpha value is -3.48. The van der Waals surface area contributed by atoms with Gasteiger partial charge in [-0.2, -0.15) is 4.68 Å². The Balaban J connectivity index is 1.94. The van der Waals surface area contributed by atoms with Crippen LogP contribution >= 0.6 is 0 Å². The fourth-order valence-corrected chi connectivity index (χ4v) is 2.17. The molecule has 0 aliphatic heterocycles. The van der Waals surface area contributed by atoms with Gasteiger partial charge in [0.2, 0.25) is 5.69 Å². The van der Waals surface area contributed by atoms with Crippen molar-refractivity contribution in [2.45, 2.75) is 6.92 Å². The van der Waals surface area contributed by atoms with Gasteiger partial charge in [-0.15, -0.1) is 5.10 Å². The molecule has 0 atom stereocenters. The molecule has 3 rings (SSSR count). The van der Waals surface area contributed by atoms with Crippen LogP contribution in [0.25, 0.3) is 5.69 Å². The third-order valence-electron chi connectivity index (χ3n) is 3.29. The normalized spacial score (nSPS) is 10.3. The van der Waals surface area contributed by atoms with Gasteiger partial charge in [-0.1, -0.05) is 41.6 Å². The first kappa shape index (κ1) is 16.4. The fourth-order valence-electron chi connectivity index (χ4n) is 2.17. The Morgan fingerprint density at radius 3 is 2.32 bits per heavy atom. The average molecular weight is 336 g/mol. The zero-order valence-corrected chi connectivity index (χ0v) is 13.5. The molecule has 7 heteroatoms. The largest absolute Gasteiger partial charge is 0.468 e. The maximum absolute atomic E-state index is 12.5. The summed E-state index contributed by atoms with van der Waals surface area (Å²) in [6.45, 7) is 1.23. The molecule has 0 saturated heterocycles. The van der Waals surface area contributed by atoms with Gasteiger partial charge in [0.15, 0.2) is 5.78 Å². The summed E-state index contributed by atoms with van der Waals surface area (Å²) in [7, 11) is 0. The van der Waals surface area contributed by atoms with Crippen molar-refractivity contribution in [2.24, 2.45) is 0 Å². The molecule has 1 amide bonds. The molecule has 2 aromatic carbocycles. The van der Waals surface area contributed by atoms with E-state index in [1.54, 1.807) is 24.3 Å². The first-order chi connectivity index (χ1) is 12.1. The highest BCUT2D eigenvalue weighted by molar-refractivity contribution is 6.04. The summed E-state index contributed by atoms with van der Waals surface area (Å²) in [6, 6.07) is 18.1. The van der Waals surface area contributed by atoms with Crippen LogP contribution in [-0.4, -0.2) is 33.3 Å². The average Bonchev–Trinajstić information content (AvgIpc) is 3.05. The number of ether oxygens (including phenoxy) is 1. The van der Waals surface area contributed by atoms with Crippen LogP contribution in [0.1, 0.15) is 17.4 Å². The number of anilines is 1. The lowest BCUT2D eigenvalue weighted by molar-refractivity contribution is -0.119. The van der Waals surface area contributed by atoms with Crippen molar-refractivity contribution >= 4 is 17.4 Å². The zero-order chi connectivity index (χ0) is 17.6. The van der Waals surface area contributed by atoms with Gasteiger partial charge < -0.3 is 10.1 Å². The number of rotatable bonds is 6. The lowest BCUT2D eigenvalue weighted by Gasteiger charge is -2.09. The Morgan fingerprint density at radius 2 is 1.68 bits per heavy atom. The summed E-state index contributed by atoms with van der Waals surface area (Å²) in [5.41, 5.74) is 1.31. The van der Waals surface area contributed by atoms with Gasteiger partial charge in [0.05, 0.1) is 5.69 Å². The quantitative estimate of drug-likeness (QED) is 0.747. The van der Waals surface area contributed by atoms with Crippen LogP contribution in [0.15, 0.2) is 60.7 Å². The lowest BCUT2D eigenvalue weighted by Crippen LogP contribution is -2.16. The Bertz CT molecular complexity index is 876. The molecular weight excluding hydrogens is 320 g/mol. The van der Waals surface area contributed by atoms with Crippen LogP contribution in [0.4, 0.5) is 5.69 Å². The Morgan fingerprint density at radius 1 is 1.04 bits per heavy atom. The molecule has 3 aromatic rings. The van der Waals surface area contributed by atoms with Crippen molar-refractivity contribution in [3.05, 3.63) is 66.4 Å². The molecule has 0 saturated carbocycles. The number of carbonyl (C=O) groups excluding carboxylic acids is 2. The molecule has 1 heterocycles. The minimum atomic E-state index is -0.466. The third kappa shape index (κ3) is 3.89. The van der Waals surface area contributed by atoms with E-state index in [1.807, 2.05) is 36.4 Å². The molecule has 126 valence electrons. The maximum atomic E-state index is 12.5. The number of amides is 1. The number of nitrogens with one attached hydrogen (secondary N) is 1. The number of aromatic nitrogens is 3. The summed E-state index contributed by atoms with van der Waals surface area (Å²) in [5, 5.41) is 10.7. The zero-order valence-electron chi connectivity index (χ0n) is 13.5. The topological polar surface area (TPSA) is 86.1 Å². The van der Waals surface area contributed by atoms with Crippen LogP contribution in [0.5, 0.6) is 5.88 Å². The molecular formula is C18H16N4O3. The molecule has 25 heavy (non-hydrogen) atoms. The minimum absolute atomic E-state index is 0.00829. The van der Waals surface area contributed by atoms with Crippen LogP contribution in [0.3, 0.4) is 0 Å². The summed E-state index contributed by atoms with van der Waals surface area (Å²) in [4.78, 5) is 23.8. The molecule has 0 aliphatic rings. The molecule has 0 aliphatic carbocycles. The van der Waals surface area contributed by atoms with Gasteiger partial charge in [0.25, 0.3) is 11.8 Å². The predicted molar refractivity (Wildman–Crippen MR) is 91.9 cm³/mol. The van der Waals surface area contributed by atoms with Crippen LogP contribution < -0.4 is 10.1 Å². The molecule has 7 nitrogen and oxygen atoms in total. The SMILES string of the molecule is CC(=O)COc1c(C(=O)Nc2ccccc2)nnn1-c1ccccc1. The highest BCUT2D eigenvalue weighted by atomic mass is 16.5. The van der Waals surface area contributed by atoms with E-state index in [0.717, 1.165) is 0 Å². The van der Waals surface area contributed by atoms with E-state index < -0.39 is 5.91 Å². The highest BCUT2D eigenvalue weighted by Crippen LogP contribution is 2.22. The van der Waals surface area contributed by atoms with E-state index >= 15 is 0 Å². The smallest absolute Gasteiger partial charge is 0.281 e. The van der Waals surface area contributed by atoms with Gasteiger partial charge in [-0.05, 0) is 31.2 Å². The molecule has 1 aromatic heterocycles. The van der Waals surface area contributed by atoms with E-state index in [0.29, 0.717) is 11.4 Å². The van der Waals surface area contributed by atoms with Crippen molar-refractivity contribution in [2.75, 3.05) is 11.9 Å². The second kappa shape index (κ2) is 7.39. The standard InChI is InChI=1S/C18H16N4O3/c1-13(23)12-25-18-16(17(24)19-14-8-4-2-5-9-14)20-21-22(18)15-10-6-3-7-11-15/h2-11H,12H2,1H3,(H,19,24). The van der Waals surface area contributed by atoms with Crippen LogP contribution in [-0.2, 0) is 4.79 Å². The van der Waals surface area contributed by atoms with Gasteiger partial charge in [-0.25, -0.2) is 0 Å². The predicted octanol–water partition coefficient (Wildman–Crippen LogP) is 2.49. The fraction of sp³-hybridized carbons (Fsp3) is 0.111. The summed E-state index contributed by atoms with van der Waals surface area (Å²) >= 11 is 0. The van der Waals surface area contributed by atoms with Crippen molar-refractivity contribution in [1.82, 2.24) is 15.0 Å². The number of nitrogens with zero attached hydrogens (tertiary/aromatic N) is 3. The van der Waals surface area contributed by atoms with Crippen molar-refractivity contribution in [3.8, 4) is 11.6 Å². The number of hydrogen-bond acceptors (Lipinski definition) is 5. The maximum Gasteiger partial charge on any atom is 0.281 e. The molecule has 0 spiro atoms. The number of para-hydroxylation sites is 2. The molecule has 1 N–H and O–H groups in total. The number of hydrogen-bond donors (Lipinski definition) is 1. The summed E-state index contributed by atoms with van der Waals surface area (Å²) in [6.07, 6.45) is 0.